The summed E-state index contributed by atoms with van der Waals surface area (Å²) < 4.78 is 5.44. The fourth-order valence-corrected chi connectivity index (χ4v) is 3.42. The highest BCUT2D eigenvalue weighted by atomic mass is 16.5. The van der Waals surface area contributed by atoms with Crippen molar-refractivity contribution in [3.05, 3.63) is 0 Å². The molecule has 19 heavy (non-hydrogen) atoms. The second kappa shape index (κ2) is 6.23. The Hall–Kier alpha value is -0.610. The van der Waals surface area contributed by atoms with E-state index in [4.69, 9.17) is 4.74 Å². The van der Waals surface area contributed by atoms with Crippen LogP contribution in [0.1, 0.15) is 39.5 Å². The highest BCUT2D eigenvalue weighted by Gasteiger charge is 2.42. The number of rotatable bonds is 4. The highest BCUT2D eigenvalue weighted by molar-refractivity contribution is 5.75. The Kier molecular flexibility index (Phi) is 4.85. The molecule has 4 heteroatoms. The van der Waals surface area contributed by atoms with Crippen molar-refractivity contribution >= 4 is 5.97 Å². The first-order chi connectivity index (χ1) is 9.03. The molecule has 0 radical (unpaired) electrons. The zero-order valence-corrected chi connectivity index (χ0v) is 12.2. The number of carboxylic acid groups (broad SMARTS) is 1. The largest absolute Gasteiger partial charge is 0.481 e. The molecule has 1 atom stereocenters. The third-order valence-electron chi connectivity index (χ3n) is 4.88. The van der Waals surface area contributed by atoms with Crippen LogP contribution in [0.4, 0.5) is 0 Å². The lowest BCUT2D eigenvalue weighted by atomic mass is 9.80. The van der Waals surface area contributed by atoms with Gasteiger partial charge in [0.25, 0.3) is 0 Å². The Morgan fingerprint density at radius 2 is 2.11 bits per heavy atom. The maximum Gasteiger partial charge on any atom is 0.313 e. The number of likely N-dealkylation sites (tertiary alicyclic amines) is 1. The maximum atomic E-state index is 11.6. The molecule has 0 aromatic rings. The van der Waals surface area contributed by atoms with Crippen LogP contribution in [0.2, 0.25) is 0 Å². The lowest BCUT2D eigenvalue weighted by Crippen LogP contribution is -2.50. The Morgan fingerprint density at radius 3 is 2.58 bits per heavy atom. The minimum atomic E-state index is -0.682. The minimum absolute atomic E-state index is 0.381. The van der Waals surface area contributed by atoms with Gasteiger partial charge in [-0.3, -0.25) is 4.79 Å². The highest BCUT2D eigenvalue weighted by Crippen LogP contribution is 2.32. The molecule has 4 nitrogen and oxygen atoms in total. The molecule has 1 unspecified atom stereocenters. The SMILES string of the molecule is CC(C)C1CCN(CC2(C(=O)O)CCCOC2)CC1. The van der Waals surface area contributed by atoms with Crippen molar-refractivity contribution in [2.75, 3.05) is 32.8 Å². The normalized spacial score (nSPS) is 30.7. The van der Waals surface area contributed by atoms with Gasteiger partial charge in [-0.25, -0.2) is 0 Å². The molecular formula is C15H27NO3. The van der Waals surface area contributed by atoms with Crippen molar-refractivity contribution in [2.24, 2.45) is 17.3 Å². The van der Waals surface area contributed by atoms with Gasteiger partial charge in [-0.15, -0.1) is 0 Å². The number of hydrogen-bond donors (Lipinski definition) is 1. The van der Waals surface area contributed by atoms with E-state index in [0.29, 0.717) is 19.8 Å². The van der Waals surface area contributed by atoms with Crippen LogP contribution >= 0.6 is 0 Å². The van der Waals surface area contributed by atoms with E-state index in [0.717, 1.165) is 37.8 Å². The third kappa shape index (κ3) is 3.48. The molecule has 0 aromatic heterocycles. The van der Waals surface area contributed by atoms with E-state index < -0.39 is 11.4 Å². The first-order valence-corrected chi connectivity index (χ1v) is 7.57. The van der Waals surface area contributed by atoms with Gasteiger partial charge in [0.15, 0.2) is 0 Å². The summed E-state index contributed by atoms with van der Waals surface area (Å²) in [4.78, 5) is 14.0. The standard InChI is InChI=1S/C15H27NO3/c1-12(2)13-4-7-16(8-5-13)10-15(14(17)18)6-3-9-19-11-15/h12-13H,3-11H2,1-2H3,(H,17,18). The van der Waals surface area contributed by atoms with E-state index in [1.54, 1.807) is 0 Å². The average molecular weight is 269 g/mol. The van der Waals surface area contributed by atoms with Crippen molar-refractivity contribution in [1.29, 1.82) is 0 Å². The second-order valence-corrected chi connectivity index (χ2v) is 6.60. The van der Waals surface area contributed by atoms with Crippen LogP contribution in [-0.2, 0) is 9.53 Å². The van der Waals surface area contributed by atoms with Gasteiger partial charge < -0.3 is 14.7 Å². The Balaban J connectivity index is 1.90. The summed E-state index contributed by atoms with van der Waals surface area (Å²) >= 11 is 0. The molecule has 0 amide bonds. The minimum Gasteiger partial charge on any atom is -0.481 e. The topological polar surface area (TPSA) is 49.8 Å². The summed E-state index contributed by atoms with van der Waals surface area (Å²) in [7, 11) is 0. The second-order valence-electron chi connectivity index (χ2n) is 6.60. The Labute approximate surface area is 116 Å². The third-order valence-corrected chi connectivity index (χ3v) is 4.88. The molecule has 2 aliphatic rings. The lowest BCUT2D eigenvalue weighted by molar-refractivity contribution is -0.159. The lowest BCUT2D eigenvalue weighted by Gasteiger charge is -2.40. The van der Waals surface area contributed by atoms with E-state index in [1.807, 2.05) is 0 Å². The van der Waals surface area contributed by atoms with Gasteiger partial charge in [-0.1, -0.05) is 13.8 Å². The predicted octanol–water partition coefficient (Wildman–Crippen LogP) is 2.24. The zero-order valence-electron chi connectivity index (χ0n) is 12.2. The molecule has 0 saturated carbocycles. The fraction of sp³-hybridized carbons (Fsp3) is 0.933. The number of ether oxygens (including phenoxy) is 1. The van der Waals surface area contributed by atoms with Gasteiger partial charge in [0.05, 0.1) is 6.61 Å². The van der Waals surface area contributed by atoms with E-state index in [2.05, 4.69) is 18.7 Å². The molecule has 1 N–H and O–H groups in total. The number of nitrogens with zero attached hydrogens (tertiary/aromatic N) is 1. The average Bonchev–Trinajstić information content (AvgIpc) is 2.40. The number of carboxylic acids is 1. The summed E-state index contributed by atoms with van der Waals surface area (Å²) in [5, 5.41) is 9.55. The van der Waals surface area contributed by atoms with Crippen LogP contribution in [0.5, 0.6) is 0 Å². The predicted molar refractivity (Wildman–Crippen MR) is 74.1 cm³/mol. The number of piperidine rings is 1. The molecule has 110 valence electrons. The van der Waals surface area contributed by atoms with E-state index in [-0.39, 0.29) is 0 Å². The molecule has 2 saturated heterocycles. The van der Waals surface area contributed by atoms with Crippen molar-refractivity contribution in [3.8, 4) is 0 Å². The summed E-state index contributed by atoms with van der Waals surface area (Å²) in [6.07, 6.45) is 4.03. The maximum absolute atomic E-state index is 11.6. The van der Waals surface area contributed by atoms with Crippen LogP contribution in [-0.4, -0.2) is 48.8 Å². The molecule has 2 heterocycles. The quantitative estimate of drug-likeness (QED) is 0.850. The van der Waals surface area contributed by atoms with Gasteiger partial charge in [-0.2, -0.15) is 0 Å². The smallest absolute Gasteiger partial charge is 0.313 e. The Morgan fingerprint density at radius 1 is 1.42 bits per heavy atom. The van der Waals surface area contributed by atoms with Crippen molar-refractivity contribution in [3.63, 3.8) is 0 Å². The number of hydrogen-bond acceptors (Lipinski definition) is 3. The monoisotopic (exact) mass is 269 g/mol. The molecule has 0 aliphatic carbocycles. The van der Waals surface area contributed by atoms with Crippen LogP contribution in [0, 0.1) is 17.3 Å². The molecule has 0 aromatic carbocycles. The molecular weight excluding hydrogens is 242 g/mol. The molecule has 0 spiro atoms. The van der Waals surface area contributed by atoms with E-state index >= 15 is 0 Å². The van der Waals surface area contributed by atoms with Gasteiger partial charge in [0.1, 0.15) is 5.41 Å². The number of aliphatic carboxylic acids is 1. The molecule has 2 rings (SSSR count). The first-order valence-electron chi connectivity index (χ1n) is 7.57. The van der Waals surface area contributed by atoms with Gasteiger partial charge in [0, 0.05) is 13.2 Å². The van der Waals surface area contributed by atoms with Crippen molar-refractivity contribution < 1.29 is 14.6 Å². The van der Waals surface area contributed by atoms with Crippen LogP contribution in [0.25, 0.3) is 0 Å². The summed E-state index contributed by atoms with van der Waals surface area (Å²) in [5.41, 5.74) is -0.664. The van der Waals surface area contributed by atoms with E-state index in [1.165, 1.54) is 12.8 Å². The fourth-order valence-electron chi connectivity index (χ4n) is 3.42. The van der Waals surface area contributed by atoms with Crippen LogP contribution in [0.15, 0.2) is 0 Å². The van der Waals surface area contributed by atoms with Gasteiger partial charge in [-0.05, 0) is 50.6 Å². The molecule has 2 aliphatic heterocycles. The Bertz CT molecular complexity index is 303. The first kappa shape index (κ1) is 14.8. The van der Waals surface area contributed by atoms with Crippen LogP contribution in [0.3, 0.4) is 0 Å². The summed E-state index contributed by atoms with van der Waals surface area (Å²) in [6, 6.07) is 0. The van der Waals surface area contributed by atoms with E-state index in [9.17, 15) is 9.90 Å². The van der Waals surface area contributed by atoms with Gasteiger partial charge in [0.2, 0.25) is 0 Å². The van der Waals surface area contributed by atoms with Crippen LogP contribution < -0.4 is 0 Å². The zero-order chi connectivity index (χ0) is 13.9. The molecule has 0 bridgehead atoms. The molecule has 2 fully saturated rings. The van der Waals surface area contributed by atoms with Crippen molar-refractivity contribution in [1.82, 2.24) is 4.90 Å². The summed E-state index contributed by atoms with van der Waals surface area (Å²) in [6.45, 7) is 8.40. The summed E-state index contributed by atoms with van der Waals surface area (Å²) in [5.74, 6) is 0.867. The van der Waals surface area contributed by atoms with Crippen molar-refractivity contribution in [2.45, 2.75) is 39.5 Å². The van der Waals surface area contributed by atoms with Gasteiger partial charge >= 0.3 is 5.97 Å². The number of carbonyl (C=O) groups is 1.